The summed E-state index contributed by atoms with van der Waals surface area (Å²) in [7, 11) is -6.68. The Morgan fingerprint density at radius 1 is 0.900 bits per heavy atom. The summed E-state index contributed by atoms with van der Waals surface area (Å²) in [6.45, 7) is 3.45. The topological polar surface area (TPSA) is 122 Å². The number of ether oxygens (including phenoxy) is 1. The molecule has 1 aromatic heterocycles. The fourth-order valence-corrected chi connectivity index (χ4v) is 6.49. The van der Waals surface area contributed by atoms with Gasteiger partial charge in [-0.1, -0.05) is 12.1 Å². The minimum absolute atomic E-state index is 0.0739. The van der Waals surface area contributed by atoms with Crippen molar-refractivity contribution in [3.8, 4) is 11.5 Å². The van der Waals surface area contributed by atoms with Gasteiger partial charge in [-0.05, 0) is 50.2 Å². The third-order valence-electron chi connectivity index (χ3n) is 4.16. The van der Waals surface area contributed by atoms with Gasteiger partial charge in [-0.15, -0.1) is 11.3 Å². The number of anilines is 2. The smallest absolute Gasteiger partial charge is 0.263 e. The van der Waals surface area contributed by atoms with Gasteiger partial charge < -0.3 is 9.84 Å². The summed E-state index contributed by atoms with van der Waals surface area (Å²) in [6.07, 6.45) is 0. The standard InChI is InChI=1S/C19H20N2O6S3/c1-12-10-19(13(2)28-12)30(25,26)21-16-11-14(8-9-17(16)22)29(23,24)20-15-6-4-5-7-18(15)27-3/h4-11,20-22H,1-3H3. The molecule has 0 aliphatic heterocycles. The fourth-order valence-electron chi connectivity index (χ4n) is 2.77. The zero-order chi connectivity index (χ0) is 22.1. The van der Waals surface area contributed by atoms with Crippen LogP contribution in [-0.4, -0.2) is 29.1 Å². The SMILES string of the molecule is COc1ccccc1NS(=O)(=O)c1ccc(O)c(NS(=O)(=O)c2cc(C)sc2C)c1. The summed E-state index contributed by atoms with van der Waals surface area (Å²) in [5.41, 5.74) is -0.0271. The zero-order valence-electron chi connectivity index (χ0n) is 16.3. The quantitative estimate of drug-likeness (QED) is 0.455. The molecule has 0 saturated heterocycles. The van der Waals surface area contributed by atoms with E-state index in [4.69, 9.17) is 4.74 Å². The van der Waals surface area contributed by atoms with Gasteiger partial charge in [0, 0.05) is 9.75 Å². The monoisotopic (exact) mass is 468 g/mol. The molecule has 0 amide bonds. The van der Waals surface area contributed by atoms with Gasteiger partial charge in [0.1, 0.15) is 16.4 Å². The van der Waals surface area contributed by atoms with Crippen molar-refractivity contribution in [2.45, 2.75) is 23.6 Å². The Bertz CT molecular complexity index is 1300. The van der Waals surface area contributed by atoms with Gasteiger partial charge in [-0.3, -0.25) is 9.44 Å². The first kappa shape index (κ1) is 21.9. The number of sulfonamides is 2. The Balaban J connectivity index is 1.96. The number of para-hydroxylation sites is 2. The van der Waals surface area contributed by atoms with E-state index in [-0.39, 0.29) is 21.2 Å². The third-order valence-corrected chi connectivity index (χ3v) is 8.11. The lowest BCUT2D eigenvalue weighted by atomic mass is 10.3. The first-order chi connectivity index (χ1) is 14.0. The van der Waals surface area contributed by atoms with Crippen LogP contribution >= 0.6 is 11.3 Å². The lowest BCUT2D eigenvalue weighted by molar-refractivity contribution is 0.417. The van der Waals surface area contributed by atoms with Crippen LogP contribution in [0.4, 0.5) is 11.4 Å². The maximum absolute atomic E-state index is 12.8. The molecule has 0 aliphatic carbocycles. The van der Waals surface area contributed by atoms with E-state index < -0.39 is 25.8 Å². The molecule has 0 aliphatic rings. The molecule has 0 saturated carbocycles. The molecule has 160 valence electrons. The Morgan fingerprint density at radius 3 is 2.20 bits per heavy atom. The van der Waals surface area contributed by atoms with Crippen LogP contribution in [0.3, 0.4) is 0 Å². The Hall–Kier alpha value is -2.76. The van der Waals surface area contributed by atoms with Crippen LogP contribution in [-0.2, 0) is 20.0 Å². The number of nitrogens with one attached hydrogen (secondary N) is 2. The zero-order valence-corrected chi connectivity index (χ0v) is 18.8. The number of methoxy groups -OCH3 is 1. The van der Waals surface area contributed by atoms with Crippen molar-refractivity contribution < 1.29 is 26.7 Å². The van der Waals surface area contributed by atoms with Crippen molar-refractivity contribution in [2.24, 2.45) is 0 Å². The van der Waals surface area contributed by atoms with Gasteiger partial charge in [0.05, 0.1) is 23.4 Å². The average Bonchev–Trinajstić information content (AvgIpc) is 3.02. The molecule has 3 N–H and O–H groups in total. The molecule has 0 bridgehead atoms. The molecule has 0 spiro atoms. The molecule has 0 fully saturated rings. The third kappa shape index (κ3) is 4.53. The van der Waals surface area contributed by atoms with E-state index in [9.17, 15) is 21.9 Å². The van der Waals surface area contributed by atoms with Crippen LogP contribution in [0.25, 0.3) is 0 Å². The Kier molecular flexibility index (Phi) is 5.97. The molecule has 2 aromatic carbocycles. The largest absolute Gasteiger partial charge is 0.506 e. The van der Waals surface area contributed by atoms with Crippen molar-refractivity contribution in [1.82, 2.24) is 0 Å². The van der Waals surface area contributed by atoms with Crippen molar-refractivity contribution in [2.75, 3.05) is 16.6 Å². The van der Waals surface area contributed by atoms with Gasteiger partial charge in [0.2, 0.25) is 0 Å². The van der Waals surface area contributed by atoms with E-state index >= 15 is 0 Å². The summed E-state index contributed by atoms with van der Waals surface area (Å²) in [5, 5.41) is 10.1. The number of benzene rings is 2. The van der Waals surface area contributed by atoms with Crippen LogP contribution in [0, 0.1) is 13.8 Å². The predicted molar refractivity (Wildman–Crippen MR) is 117 cm³/mol. The minimum atomic E-state index is -4.08. The Labute approximate surface area is 179 Å². The number of thiophene rings is 1. The summed E-state index contributed by atoms with van der Waals surface area (Å²) < 4.78 is 60.9. The van der Waals surface area contributed by atoms with Gasteiger partial charge in [-0.2, -0.15) is 0 Å². The number of phenolic OH excluding ortho intramolecular Hbond substituents is 1. The van der Waals surface area contributed by atoms with Crippen molar-refractivity contribution >= 4 is 42.8 Å². The van der Waals surface area contributed by atoms with Crippen LogP contribution in [0.1, 0.15) is 9.75 Å². The number of hydrogen-bond acceptors (Lipinski definition) is 7. The fraction of sp³-hybridized carbons (Fsp3) is 0.158. The van der Waals surface area contributed by atoms with Crippen molar-refractivity contribution in [1.29, 1.82) is 0 Å². The van der Waals surface area contributed by atoms with Crippen LogP contribution in [0.5, 0.6) is 11.5 Å². The molecule has 1 heterocycles. The highest BCUT2D eigenvalue weighted by Gasteiger charge is 2.23. The van der Waals surface area contributed by atoms with E-state index in [1.165, 1.54) is 36.6 Å². The molecular formula is C19H20N2O6S3. The van der Waals surface area contributed by atoms with E-state index in [1.54, 1.807) is 32.0 Å². The van der Waals surface area contributed by atoms with E-state index in [0.717, 1.165) is 17.0 Å². The summed E-state index contributed by atoms with van der Waals surface area (Å²) in [5.74, 6) is -0.0801. The van der Waals surface area contributed by atoms with E-state index in [2.05, 4.69) is 9.44 Å². The molecule has 0 radical (unpaired) electrons. The lowest BCUT2D eigenvalue weighted by Gasteiger charge is -2.14. The number of rotatable bonds is 7. The van der Waals surface area contributed by atoms with Gasteiger partial charge >= 0.3 is 0 Å². The summed E-state index contributed by atoms with van der Waals surface area (Å²) >= 11 is 1.32. The molecule has 3 aromatic rings. The molecule has 3 rings (SSSR count). The highest BCUT2D eigenvalue weighted by atomic mass is 32.2. The lowest BCUT2D eigenvalue weighted by Crippen LogP contribution is -2.16. The van der Waals surface area contributed by atoms with Crippen LogP contribution in [0.2, 0.25) is 0 Å². The summed E-state index contributed by atoms with van der Waals surface area (Å²) in [6, 6.07) is 11.3. The molecule has 8 nitrogen and oxygen atoms in total. The number of aryl methyl sites for hydroxylation is 2. The van der Waals surface area contributed by atoms with Gasteiger partial charge in [0.15, 0.2) is 0 Å². The van der Waals surface area contributed by atoms with Crippen molar-refractivity contribution in [3.63, 3.8) is 0 Å². The normalized spacial score (nSPS) is 11.8. The second-order valence-electron chi connectivity index (χ2n) is 6.37. The van der Waals surface area contributed by atoms with Gasteiger partial charge in [-0.25, -0.2) is 16.8 Å². The number of hydrogen-bond donors (Lipinski definition) is 3. The maximum atomic E-state index is 12.8. The molecular weight excluding hydrogens is 448 g/mol. The average molecular weight is 469 g/mol. The number of phenols is 1. The molecule has 0 atom stereocenters. The second-order valence-corrected chi connectivity index (χ2v) is 11.2. The molecule has 0 unspecified atom stereocenters. The van der Waals surface area contributed by atoms with Crippen LogP contribution < -0.4 is 14.2 Å². The molecule has 30 heavy (non-hydrogen) atoms. The van der Waals surface area contributed by atoms with E-state index in [0.29, 0.717) is 10.6 Å². The first-order valence-corrected chi connectivity index (χ1v) is 12.4. The summed E-state index contributed by atoms with van der Waals surface area (Å²) in [4.78, 5) is 1.24. The van der Waals surface area contributed by atoms with Crippen LogP contribution in [0.15, 0.2) is 58.3 Å². The minimum Gasteiger partial charge on any atom is -0.506 e. The van der Waals surface area contributed by atoms with Crippen molar-refractivity contribution in [3.05, 3.63) is 58.3 Å². The first-order valence-electron chi connectivity index (χ1n) is 8.62. The molecule has 11 heteroatoms. The maximum Gasteiger partial charge on any atom is 0.263 e. The highest BCUT2D eigenvalue weighted by Crippen LogP contribution is 2.33. The number of aromatic hydroxyl groups is 1. The highest BCUT2D eigenvalue weighted by molar-refractivity contribution is 7.93. The predicted octanol–water partition coefficient (Wildman–Crippen LogP) is 3.68. The van der Waals surface area contributed by atoms with Gasteiger partial charge in [0.25, 0.3) is 20.0 Å². The Morgan fingerprint density at radius 2 is 1.57 bits per heavy atom. The second kappa shape index (κ2) is 8.17. The van der Waals surface area contributed by atoms with E-state index in [1.807, 2.05) is 0 Å².